The number of rotatable bonds is 5. The fourth-order valence-corrected chi connectivity index (χ4v) is 1.77. The van der Waals surface area contributed by atoms with Gasteiger partial charge in [0.25, 0.3) is 0 Å². The minimum Gasteiger partial charge on any atom is -0.481 e. The first-order valence-electron chi connectivity index (χ1n) is 4.40. The fraction of sp³-hybridized carbons (Fsp3) is 0.250. The van der Waals surface area contributed by atoms with E-state index in [1.54, 1.807) is 0 Å². The lowest BCUT2D eigenvalue weighted by Gasteiger charge is -2.07. The van der Waals surface area contributed by atoms with Crippen LogP contribution in [-0.4, -0.2) is 26.1 Å². The van der Waals surface area contributed by atoms with E-state index in [2.05, 4.69) is 0 Å². The van der Waals surface area contributed by atoms with Crippen molar-refractivity contribution >= 4 is 15.6 Å². The van der Waals surface area contributed by atoms with E-state index in [4.69, 9.17) is 19.4 Å². The Bertz CT molecular complexity index is 438. The molecule has 0 aromatic heterocycles. The molecule has 4 N–H and O–H groups in total. The molecule has 0 aliphatic heterocycles. The van der Waals surface area contributed by atoms with Gasteiger partial charge in [0, 0.05) is 5.56 Å². The van der Waals surface area contributed by atoms with Gasteiger partial charge >= 0.3 is 21.5 Å². The van der Waals surface area contributed by atoms with Gasteiger partial charge in [0.2, 0.25) is 0 Å². The van der Waals surface area contributed by atoms with Crippen molar-refractivity contribution in [3.63, 3.8) is 0 Å². The van der Waals surface area contributed by atoms with E-state index in [9.17, 15) is 14.2 Å². The molecule has 0 amide bonds. The van der Waals surface area contributed by atoms with Crippen molar-refractivity contribution in [2.24, 2.45) is 0 Å². The molecule has 0 saturated carbocycles. The molecule has 0 heterocycles. The zero-order valence-corrected chi connectivity index (χ0v) is 10.3. The van der Waals surface area contributed by atoms with E-state index in [0.29, 0.717) is 0 Å². The highest BCUT2D eigenvalue weighted by molar-refractivity contribution is 7.51. The highest BCUT2D eigenvalue weighted by Gasteiger charge is 2.27. The molecule has 0 radical (unpaired) electrons. The van der Waals surface area contributed by atoms with Crippen molar-refractivity contribution in [1.29, 1.82) is 0 Å². The molecule has 17 heavy (non-hydrogen) atoms. The Morgan fingerprint density at radius 3 is 2.24 bits per heavy atom. The number of hydrogen-bond acceptors (Lipinski definition) is 4. The largest absolute Gasteiger partial charge is 0.542 e. The molecule has 0 aliphatic rings. The van der Waals surface area contributed by atoms with E-state index in [0.717, 1.165) is 0 Å². The van der Waals surface area contributed by atoms with Crippen LogP contribution in [0.25, 0.3) is 0 Å². The molecular formula is C8H11O7P2+. The van der Waals surface area contributed by atoms with Crippen LogP contribution in [0.2, 0.25) is 0 Å². The topological polar surface area (TPSA) is 124 Å². The van der Waals surface area contributed by atoms with Crippen molar-refractivity contribution in [3.8, 4) is 5.75 Å². The third-order valence-electron chi connectivity index (χ3n) is 1.79. The summed E-state index contributed by atoms with van der Waals surface area (Å²) in [6, 6.07) is 5.35. The first-order valence-corrected chi connectivity index (χ1v) is 7.48. The van der Waals surface area contributed by atoms with Crippen molar-refractivity contribution in [2.75, 3.05) is 6.35 Å². The van der Waals surface area contributed by atoms with E-state index >= 15 is 0 Å². The molecule has 0 saturated heterocycles. The molecule has 1 aromatic carbocycles. The molecule has 0 spiro atoms. The van der Waals surface area contributed by atoms with E-state index in [1.165, 1.54) is 24.3 Å². The van der Waals surface area contributed by atoms with Crippen LogP contribution >= 0.6 is 15.6 Å². The first-order chi connectivity index (χ1) is 7.79. The Morgan fingerprint density at radius 2 is 1.82 bits per heavy atom. The summed E-state index contributed by atoms with van der Waals surface area (Å²) in [6.07, 6.45) is -0.747. The van der Waals surface area contributed by atoms with Crippen molar-refractivity contribution < 1.29 is 33.7 Å². The van der Waals surface area contributed by atoms with Crippen molar-refractivity contribution in [2.45, 2.75) is 5.85 Å². The summed E-state index contributed by atoms with van der Waals surface area (Å²) in [7, 11) is -6.97. The maximum Gasteiger partial charge on any atom is 0.542 e. The normalized spacial score (nSPS) is 14.2. The summed E-state index contributed by atoms with van der Waals surface area (Å²) in [5.41, 5.74) is 0.220. The highest BCUT2D eigenvalue weighted by atomic mass is 31.2. The Kier molecular flexibility index (Phi) is 4.77. The second-order valence-electron chi connectivity index (χ2n) is 3.18. The molecule has 0 fully saturated rings. The summed E-state index contributed by atoms with van der Waals surface area (Å²) in [6.45, 7) is 0. The van der Waals surface area contributed by atoms with Gasteiger partial charge in [0.05, 0.1) is 0 Å². The average Bonchev–Trinajstić information content (AvgIpc) is 2.25. The summed E-state index contributed by atoms with van der Waals surface area (Å²) in [5.74, 6) is -1.29. The lowest BCUT2D eigenvalue weighted by molar-refractivity contribution is 0.243. The SMILES string of the molecule is O=[P+](O)C(O)c1ccc(OCP(=O)(O)O)cc1. The summed E-state index contributed by atoms with van der Waals surface area (Å²) in [4.78, 5) is 25.8. The van der Waals surface area contributed by atoms with Gasteiger partial charge in [-0.25, -0.2) is 0 Å². The summed E-state index contributed by atoms with van der Waals surface area (Å²) >= 11 is 0. The molecule has 2 unspecified atom stereocenters. The second kappa shape index (κ2) is 5.69. The Labute approximate surface area is 97.7 Å². The molecule has 1 aromatic rings. The van der Waals surface area contributed by atoms with Crippen LogP contribution in [-0.2, 0) is 9.13 Å². The van der Waals surface area contributed by atoms with Crippen LogP contribution in [0, 0.1) is 0 Å². The molecule has 9 heteroatoms. The van der Waals surface area contributed by atoms with E-state index in [-0.39, 0.29) is 11.3 Å². The number of hydrogen-bond donors (Lipinski definition) is 4. The smallest absolute Gasteiger partial charge is 0.481 e. The fourth-order valence-electron chi connectivity index (χ4n) is 1.02. The van der Waals surface area contributed by atoms with Gasteiger partial charge in [0.1, 0.15) is 5.75 Å². The van der Waals surface area contributed by atoms with E-state index in [1.807, 2.05) is 0 Å². The van der Waals surface area contributed by atoms with Gasteiger partial charge < -0.3 is 19.6 Å². The maximum atomic E-state index is 10.6. The zero-order chi connectivity index (χ0) is 13.1. The van der Waals surface area contributed by atoms with Gasteiger partial charge in [0.15, 0.2) is 6.35 Å². The Balaban J connectivity index is 2.68. The van der Waals surface area contributed by atoms with Crippen LogP contribution in [0.1, 0.15) is 11.4 Å². The third-order valence-corrected chi connectivity index (χ3v) is 2.97. The van der Waals surface area contributed by atoms with Crippen LogP contribution in [0.15, 0.2) is 24.3 Å². The molecule has 2 atom stereocenters. The lowest BCUT2D eigenvalue weighted by Crippen LogP contribution is -1.98. The minimum absolute atomic E-state index is 0.192. The third kappa shape index (κ3) is 4.91. The molecule has 7 nitrogen and oxygen atoms in total. The van der Waals surface area contributed by atoms with Crippen LogP contribution in [0.4, 0.5) is 0 Å². The molecular weight excluding hydrogens is 270 g/mol. The summed E-state index contributed by atoms with van der Waals surface area (Å²) in [5, 5.41) is 9.25. The zero-order valence-electron chi connectivity index (χ0n) is 8.50. The number of benzene rings is 1. The maximum absolute atomic E-state index is 10.6. The molecule has 1 rings (SSSR count). The van der Waals surface area contributed by atoms with E-state index < -0.39 is 27.8 Å². The second-order valence-corrected chi connectivity index (χ2v) is 5.87. The predicted octanol–water partition coefficient (Wildman–Crippen LogP) is 0.926. The number of aliphatic hydroxyl groups excluding tert-OH is 1. The monoisotopic (exact) mass is 281 g/mol. The molecule has 94 valence electrons. The van der Waals surface area contributed by atoms with Gasteiger partial charge in [-0.3, -0.25) is 4.57 Å². The van der Waals surface area contributed by atoms with Crippen LogP contribution < -0.4 is 4.74 Å². The van der Waals surface area contributed by atoms with Crippen molar-refractivity contribution in [3.05, 3.63) is 29.8 Å². The Hall–Kier alpha value is -0.810. The van der Waals surface area contributed by atoms with Gasteiger partial charge in [-0.15, -0.1) is 0 Å². The Morgan fingerprint density at radius 1 is 1.29 bits per heavy atom. The minimum atomic E-state index is -4.24. The van der Waals surface area contributed by atoms with Gasteiger partial charge in [-0.2, -0.15) is 4.89 Å². The van der Waals surface area contributed by atoms with Crippen LogP contribution in [0.3, 0.4) is 0 Å². The first kappa shape index (κ1) is 14.3. The summed E-state index contributed by atoms with van der Waals surface area (Å²) < 4.78 is 25.9. The number of aliphatic hydroxyl groups is 1. The molecule has 0 bridgehead atoms. The lowest BCUT2D eigenvalue weighted by atomic mass is 10.2. The highest BCUT2D eigenvalue weighted by Crippen LogP contribution is 2.36. The quantitative estimate of drug-likeness (QED) is 0.591. The average molecular weight is 281 g/mol. The predicted molar refractivity (Wildman–Crippen MR) is 58.8 cm³/mol. The van der Waals surface area contributed by atoms with Crippen LogP contribution in [0.5, 0.6) is 5.75 Å². The van der Waals surface area contributed by atoms with Gasteiger partial charge in [-0.1, -0.05) is 0 Å². The van der Waals surface area contributed by atoms with Crippen molar-refractivity contribution in [1.82, 2.24) is 0 Å². The standard InChI is InChI=1S/C8H10O7P2/c9-8(16(10)11)6-1-3-7(4-2-6)15-5-17(12,13)14/h1-4,8-9H,5H2,(H2-,10,11,12,13,14)/p+1. The number of ether oxygens (including phenoxy) is 1. The van der Waals surface area contributed by atoms with Gasteiger partial charge in [-0.05, 0) is 28.8 Å². The molecule has 0 aliphatic carbocycles.